The van der Waals surface area contributed by atoms with Crippen LogP contribution < -0.4 is 0 Å². The molecule has 0 aliphatic rings. The molecule has 0 amide bonds. The molecular formula is C15H17ClN4. The van der Waals surface area contributed by atoms with Crippen LogP contribution in [0, 0.1) is 6.92 Å². The average Bonchev–Trinajstić information content (AvgIpc) is 3.04. The van der Waals surface area contributed by atoms with Crippen molar-refractivity contribution in [1.29, 1.82) is 0 Å². The summed E-state index contributed by atoms with van der Waals surface area (Å²) in [7, 11) is 0. The third kappa shape index (κ3) is 2.31. The van der Waals surface area contributed by atoms with Gasteiger partial charge in [-0.2, -0.15) is 0 Å². The highest BCUT2D eigenvalue weighted by Crippen LogP contribution is 2.24. The van der Waals surface area contributed by atoms with Crippen molar-refractivity contribution >= 4 is 22.6 Å². The summed E-state index contributed by atoms with van der Waals surface area (Å²) in [5.41, 5.74) is 3.38. The zero-order valence-electron chi connectivity index (χ0n) is 11.6. The van der Waals surface area contributed by atoms with E-state index in [0.717, 1.165) is 23.4 Å². The van der Waals surface area contributed by atoms with Crippen LogP contribution in [0.1, 0.15) is 24.4 Å². The molecule has 20 heavy (non-hydrogen) atoms. The molecule has 0 saturated heterocycles. The molecule has 3 aromatic rings. The highest BCUT2D eigenvalue weighted by molar-refractivity contribution is 6.16. The number of alkyl halides is 1. The van der Waals surface area contributed by atoms with Crippen LogP contribution in [-0.2, 0) is 12.4 Å². The molecule has 1 unspecified atom stereocenters. The third-order valence-electron chi connectivity index (χ3n) is 3.51. The monoisotopic (exact) mass is 288 g/mol. The van der Waals surface area contributed by atoms with Crippen LogP contribution in [0.4, 0.5) is 0 Å². The summed E-state index contributed by atoms with van der Waals surface area (Å²) in [6.45, 7) is 5.13. The molecule has 1 atom stereocenters. The van der Waals surface area contributed by atoms with Gasteiger partial charge in [-0.25, -0.2) is 9.97 Å². The van der Waals surface area contributed by atoms with Crippen molar-refractivity contribution in [3.05, 3.63) is 48.3 Å². The second-order valence-electron chi connectivity index (χ2n) is 5.13. The van der Waals surface area contributed by atoms with E-state index in [1.807, 2.05) is 12.5 Å². The van der Waals surface area contributed by atoms with Gasteiger partial charge in [-0.3, -0.25) is 0 Å². The van der Waals surface area contributed by atoms with Crippen molar-refractivity contribution in [2.75, 3.05) is 0 Å². The summed E-state index contributed by atoms with van der Waals surface area (Å²) >= 11 is 6.07. The van der Waals surface area contributed by atoms with Crippen molar-refractivity contribution < 1.29 is 0 Å². The van der Waals surface area contributed by atoms with Crippen LogP contribution in [0.2, 0.25) is 0 Å². The highest BCUT2D eigenvalue weighted by atomic mass is 35.5. The van der Waals surface area contributed by atoms with E-state index < -0.39 is 0 Å². The van der Waals surface area contributed by atoms with E-state index in [0.29, 0.717) is 5.88 Å². The normalized spacial score (nSPS) is 12.9. The summed E-state index contributed by atoms with van der Waals surface area (Å²) in [6, 6.07) is 6.58. The molecule has 0 radical (unpaired) electrons. The first-order valence-electron chi connectivity index (χ1n) is 6.68. The molecule has 0 aliphatic carbocycles. The summed E-state index contributed by atoms with van der Waals surface area (Å²) in [5, 5.41) is 0. The molecule has 5 heteroatoms. The van der Waals surface area contributed by atoms with Gasteiger partial charge in [0, 0.05) is 18.9 Å². The zero-order chi connectivity index (χ0) is 14.1. The average molecular weight is 289 g/mol. The molecular weight excluding hydrogens is 272 g/mol. The van der Waals surface area contributed by atoms with Crippen LogP contribution in [0.5, 0.6) is 0 Å². The van der Waals surface area contributed by atoms with Crippen LogP contribution in [0.3, 0.4) is 0 Å². The van der Waals surface area contributed by atoms with Crippen molar-refractivity contribution in [1.82, 2.24) is 19.1 Å². The van der Waals surface area contributed by atoms with Gasteiger partial charge >= 0.3 is 0 Å². The Hall–Kier alpha value is -1.81. The fraction of sp³-hybridized carbons (Fsp3) is 0.333. The van der Waals surface area contributed by atoms with Crippen LogP contribution in [0.15, 0.2) is 36.9 Å². The first-order valence-corrected chi connectivity index (χ1v) is 7.21. The topological polar surface area (TPSA) is 35.6 Å². The molecule has 0 saturated carbocycles. The van der Waals surface area contributed by atoms with E-state index in [1.165, 1.54) is 5.56 Å². The number of halogens is 1. The van der Waals surface area contributed by atoms with Gasteiger partial charge in [0.1, 0.15) is 5.82 Å². The summed E-state index contributed by atoms with van der Waals surface area (Å²) in [6.07, 6.45) is 5.60. The number of hydrogen-bond donors (Lipinski definition) is 0. The molecule has 104 valence electrons. The van der Waals surface area contributed by atoms with E-state index in [-0.39, 0.29) is 6.04 Å². The summed E-state index contributed by atoms with van der Waals surface area (Å²) in [4.78, 5) is 8.72. The number of aryl methyl sites for hydroxylation is 1. The third-order valence-corrected chi connectivity index (χ3v) is 3.75. The Labute approximate surface area is 123 Å². The lowest BCUT2D eigenvalue weighted by Gasteiger charge is -2.17. The maximum absolute atomic E-state index is 6.07. The van der Waals surface area contributed by atoms with Crippen molar-refractivity contribution in [3.63, 3.8) is 0 Å². The maximum Gasteiger partial charge on any atom is 0.125 e. The van der Waals surface area contributed by atoms with E-state index in [9.17, 15) is 0 Å². The quantitative estimate of drug-likeness (QED) is 0.688. The molecule has 2 heterocycles. The molecule has 3 rings (SSSR count). The Morgan fingerprint density at radius 2 is 2.20 bits per heavy atom. The van der Waals surface area contributed by atoms with Crippen LogP contribution in [0.25, 0.3) is 11.0 Å². The summed E-state index contributed by atoms with van der Waals surface area (Å²) in [5.74, 6) is 1.34. The van der Waals surface area contributed by atoms with E-state index in [4.69, 9.17) is 11.6 Å². The zero-order valence-corrected chi connectivity index (χ0v) is 12.4. The SMILES string of the molecule is Cc1ccc2nc(CCl)n(C(C)Cn3ccnc3)c2c1. The fourth-order valence-electron chi connectivity index (χ4n) is 2.62. The highest BCUT2D eigenvalue weighted by Gasteiger charge is 2.15. The van der Waals surface area contributed by atoms with Gasteiger partial charge < -0.3 is 9.13 Å². The minimum atomic E-state index is 0.268. The second-order valence-corrected chi connectivity index (χ2v) is 5.40. The van der Waals surface area contributed by atoms with Crippen molar-refractivity contribution in [2.45, 2.75) is 32.3 Å². The standard InChI is InChI=1S/C15H17ClN4/c1-11-3-4-13-14(7-11)20(15(8-16)18-13)12(2)9-19-6-5-17-10-19/h3-7,10,12H,8-9H2,1-2H3. The van der Waals surface area contributed by atoms with E-state index >= 15 is 0 Å². The number of benzene rings is 1. The smallest absolute Gasteiger partial charge is 0.125 e. The molecule has 0 spiro atoms. The number of nitrogens with zero attached hydrogens (tertiary/aromatic N) is 4. The van der Waals surface area contributed by atoms with Gasteiger partial charge in [0.05, 0.1) is 29.3 Å². The van der Waals surface area contributed by atoms with Gasteiger partial charge in [-0.1, -0.05) is 6.07 Å². The first kappa shape index (κ1) is 13.2. The molecule has 0 N–H and O–H groups in total. The van der Waals surface area contributed by atoms with E-state index in [1.54, 1.807) is 6.20 Å². The number of imidazole rings is 2. The van der Waals surface area contributed by atoms with Gasteiger partial charge in [-0.05, 0) is 31.5 Å². The Balaban J connectivity index is 2.06. The number of rotatable bonds is 4. The Kier molecular flexibility index (Phi) is 3.49. The van der Waals surface area contributed by atoms with Crippen LogP contribution >= 0.6 is 11.6 Å². The molecule has 0 bridgehead atoms. The summed E-state index contributed by atoms with van der Waals surface area (Å²) < 4.78 is 4.31. The Bertz CT molecular complexity index is 715. The van der Waals surface area contributed by atoms with Gasteiger partial charge in [0.2, 0.25) is 0 Å². The van der Waals surface area contributed by atoms with Crippen molar-refractivity contribution in [3.8, 4) is 0 Å². The number of aromatic nitrogens is 4. The Morgan fingerprint density at radius 1 is 1.35 bits per heavy atom. The fourth-order valence-corrected chi connectivity index (χ4v) is 2.81. The predicted molar refractivity (Wildman–Crippen MR) is 81.0 cm³/mol. The molecule has 0 aliphatic heterocycles. The van der Waals surface area contributed by atoms with E-state index in [2.05, 4.69) is 51.1 Å². The number of fused-ring (bicyclic) bond motifs is 1. The number of hydrogen-bond acceptors (Lipinski definition) is 2. The van der Waals surface area contributed by atoms with Gasteiger partial charge in [-0.15, -0.1) is 11.6 Å². The van der Waals surface area contributed by atoms with Gasteiger partial charge in [0.25, 0.3) is 0 Å². The lowest BCUT2D eigenvalue weighted by atomic mass is 10.2. The molecule has 1 aromatic carbocycles. The minimum absolute atomic E-state index is 0.268. The molecule has 4 nitrogen and oxygen atoms in total. The minimum Gasteiger partial charge on any atom is -0.335 e. The second kappa shape index (κ2) is 5.29. The lowest BCUT2D eigenvalue weighted by Crippen LogP contribution is -2.14. The Morgan fingerprint density at radius 3 is 2.90 bits per heavy atom. The molecule has 2 aromatic heterocycles. The van der Waals surface area contributed by atoms with Crippen molar-refractivity contribution in [2.24, 2.45) is 0 Å². The largest absolute Gasteiger partial charge is 0.335 e. The lowest BCUT2D eigenvalue weighted by molar-refractivity contribution is 0.464. The maximum atomic E-state index is 6.07. The van der Waals surface area contributed by atoms with Gasteiger partial charge in [0.15, 0.2) is 0 Å². The predicted octanol–water partition coefficient (Wildman–Crippen LogP) is 3.54. The molecule has 0 fully saturated rings. The first-order chi connectivity index (χ1) is 9.69. The van der Waals surface area contributed by atoms with Crippen LogP contribution in [-0.4, -0.2) is 19.1 Å².